The maximum absolute atomic E-state index is 12.2. The predicted octanol–water partition coefficient (Wildman–Crippen LogP) is 5.29. The van der Waals surface area contributed by atoms with E-state index in [1.807, 2.05) is 12.2 Å². The van der Waals surface area contributed by atoms with Crippen LogP contribution in [0, 0.1) is 40.4 Å². The Labute approximate surface area is 375 Å². The normalized spacial score (nSPS) is 26.0. The Morgan fingerprint density at radius 2 is 1.24 bits per heavy atom. The van der Waals surface area contributed by atoms with E-state index in [0.717, 1.165) is 56.7 Å². The summed E-state index contributed by atoms with van der Waals surface area (Å²) in [5.74, 6) is 1.73. The zero-order valence-corrected chi connectivity index (χ0v) is 42.7. The number of Topliss-reactive ketones (excluding diaryl/α,β-unsaturated/α-hetero) is 2. The highest BCUT2D eigenvalue weighted by molar-refractivity contribution is 8.70. The smallest absolute Gasteiger partial charge is 0.303 e. The van der Waals surface area contributed by atoms with Crippen LogP contribution >= 0.6 is 0 Å². The molecule has 0 unspecified atom stereocenters. The minimum Gasteiger partial charge on any atom is -0.303 e. The van der Waals surface area contributed by atoms with Gasteiger partial charge in [0.25, 0.3) is 0 Å². The molecule has 3 saturated carbocycles. The van der Waals surface area contributed by atoms with Gasteiger partial charge in [0.05, 0.1) is 0 Å². The van der Waals surface area contributed by atoms with Crippen molar-refractivity contribution >= 4 is 179 Å². The maximum Gasteiger partial charge on any atom is 0.373 e. The molecule has 3 rings (SSSR count). The molecule has 0 aliphatic heterocycles. The van der Waals surface area contributed by atoms with E-state index in [0.29, 0.717) is 36.9 Å². The molecule has 0 heterocycles. The molecule has 3 aliphatic carbocycles. The largest absolute Gasteiger partial charge is 0.373 e. The summed E-state index contributed by atoms with van der Waals surface area (Å²) in [5, 5.41) is 0. The second-order valence-corrected chi connectivity index (χ2v) is 31.6. The van der Waals surface area contributed by atoms with Gasteiger partial charge in [0.2, 0.25) is 0 Å². The number of carbonyl (C=O) groups excluding carboxylic acids is 8. The quantitative estimate of drug-likeness (QED) is 0.142. The molecule has 0 aromatic heterocycles. The fraction of sp³-hybridized carbons (Fsp3) is 0.625. The van der Waals surface area contributed by atoms with Gasteiger partial charge in [-0.05, 0) is 67.1 Å². The van der Waals surface area contributed by atoms with Gasteiger partial charge >= 0.3 is 12.3 Å². The summed E-state index contributed by atoms with van der Waals surface area (Å²) in [7, 11) is 16.5. The third-order valence-corrected chi connectivity index (χ3v) is 29.7. The number of rotatable bonds is 7. The zero-order valence-electron chi connectivity index (χ0n) is 30.4. The lowest BCUT2D eigenvalue weighted by Crippen LogP contribution is -2.51. The monoisotopic (exact) mass is 1040 g/mol. The highest BCUT2D eigenvalue weighted by Gasteiger charge is 2.53. The minimum absolute atomic E-state index is 0.000162. The van der Waals surface area contributed by atoms with Crippen molar-refractivity contribution in [1.82, 2.24) is 0 Å². The first-order valence-corrected chi connectivity index (χ1v) is 33.3. The highest BCUT2D eigenvalue weighted by atomic mass is 33.4. The Hall–Kier alpha value is -0.0400. The van der Waals surface area contributed by atoms with Crippen LogP contribution < -0.4 is 0 Å². The van der Waals surface area contributed by atoms with Crippen molar-refractivity contribution in [3.05, 3.63) is 37.0 Å². The summed E-state index contributed by atoms with van der Waals surface area (Å²) in [6.45, 7) is 16.4. The van der Waals surface area contributed by atoms with Crippen molar-refractivity contribution < 1.29 is 38.4 Å². The number of aldehydes is 2. The lowest BCUT2D eigenvalue weighted by atomic mass is 9.50. The highest BCUT2D eigenvalue weighted by Crippen LogP contribution is 2.55. The summed E-state index contributed by atoms with van der Waals surface area (Å²) in [6.07, 6.45) is 15.4. The fourth-order valence-electron chi connectivity index (χ4n) is 6.76. The number of carbonyl (C=O) groups is 4. The Kier molecular flexibility index (Phi) is 41.1. The van der Waals surface area contributed by atoms with Gasteiger partial charge in [-0.15, -0.1) is 6.58 Å². The van der Waals surface area contributed by atoms with Gasteiger partial charge in [0.1, 0.15) is 18.4 Å². The van der Waals surface area contributed by atoms with Crippen molar-refractivity contribution in [3.8, 4) is 0 Å². The zero-order chi connectivity index (χ0) is 42.7. The third kappa shape index (κ3) is 24.0. The van der Waals surface area contributed by atoms with Crippen molar-refractivity contribution in [2.24, 2.45) is 40.4 Å². The van der Waals surface area contributed by atoms with Crippen LogP contribution in [0.5, 0.6) is 0 Å². The molecule has 0 spiro atoms. The fourth-order valence-corrected chi connectivity index (χ4v) is 26.0. The van der Waals surface area contributed by atoms with E-state index in [-0.39, 0.29) is 46.7 Å². The molecule has 0 radical (unpaired) electrons. The van der Waals surface area contributed by atoms with Crippen LogP contribution in [0.2, 0.25) is 0 Å². The van der Waals surface area contributed by atoms with Crippen molar-refractivity contribution in [2.45, 2.75) is 85.5 Å². The van der Waals surface area contributed by atoms with E-state index in [9.17, 15) is 19.2 Å². The van der Waals surface area contributed by atoms with Gasteiger partial charge < -0.3 is 9.59 Å². The Morgan fingerprint density at radius 1 is 0.764 bits per heavy atom. The lowest BCUT2D eigenvalue weighted by Gasteiger charge is -2.52. The minimum atomic E-state index is -0.0907. The number of hydrogen-bond acceptors (Lipinski definition) is 12. The molecule has 7 atom stereocenters. The van der Waals surface area contributed by atoms with E-state index < -0.39 is 0 Å². The Bertz CT molecular complexity index is 1830. The number of unbranched alkanes of at least 4 members (excludes halogenated alkanes) is 1. The topological polar surface area (TPSA) is 137 Å². The van der Waals surface area contributed by atoms with E-state index in [4.69, 9.17) is 19.2 Å². The average Bonchev–Trinajstić information content (AvgIpc) is 3.17. The molecule has 3 aliphatic rings. The molecule has 3 fully saturated rings. The molecule has 0 bridgehead atoms. The van der Waals surface area contributed by atoms with Gasteiger partial charge in [-0.2, -0.15) is 19.2 Å². The summed E-state index contributed by atoms with van der Waals surface area (Å²) >= 11 is 18.3. The number of fused-ring (bicyclic) bond motifs is 1. The van der Waals surface area contributed by atoms with Crippen molar-refractivity contribution in [2.75, 3.05) is 0 Å². The molecular weight excluding hydrogens is 993 g/mol. The molecule has 0 saturated heterocycles. The number of ketones is 2. The lowest BCUT2D eigenvalue weighted by molar-refractivity contribution is -0.193. The van der Waals surface area contributed by atoms with Crippen molar-refractivity contribution in [3.63, 3.8) is 0 Å². The summed E-state index contributed by atoms with van der Waals surface area (Å²) < 4.78 is 0. The van der Waals surface area contributed by atoms with Crippen LogP contribution in [0.15, 0.2) is 37.0 Å². The summed E-state index contributed by atoms with van der Waals surface area (Å²) in [4.78, 5) is 78.3. The van der Waals surface area contributed by atoms with Crippen molar-refractivity contribution in [1.29, 1.82) is 0 Å². The first kappa shape index (κ1) is 59.3. The van der Waals surface area contributed by atoms with Gasteiger partial charge in [-0.1, -0.05) is 52.5 Å². The van der Waals surface area contributed by atoms with Gasteiger partial charge in [0.15, 0.2) is 5.78 Å². The summed E-state index contributed by atoms with van der Waals surface area (Å²) in [6, 6.07) is 0. The van der Waals surface area contributed by atoms with E-state index in [1.165, 1.54) is 35.5 Å². The molecule has 23 heteroatoms. The Balaban J connectivity index is -0.000000661. The summed E-state index contributed by atoms with van der Waals surface area (Å²) in [5.41, 5.74) is 0.886. The predicted molar refractivity (Wildman–Crippen MR) is 258 cm³/mol. The van der Waals surface area contributed by atoms with E-state index >= 15 is 0 Å². The molecule has 55 heavy (non-hydrogen) atoms. The van der Waals surface area contributed by atoms with Crippen LogP contribution in [0.4, 0.5) is 0 Å². The molecule has 0 amide bonds. The molecule has 310 valence electrons. The SMILES string of the molecule is C=C/C=C1\C(=O)CC[C@@H](C)[C@]1(C)CCCC=O.C=C[C@H]1[C@H](C=O)CC[C@@]2(C)[C@H](C)CCC(=O)[C@H]12.O=C=O.O=C=O.S=S=S=S=S=S=S.S=S=S=S=S=S=S=S. The molecule has 0 aromatic rings. The van der Waals surface area contributed by atoms with Crippen LogP contribution in [-0.2, 0) is 181 Å². The maximum atomic E-state index is 12.2. The van der Waals surface area contributed by atoms with Gasteiger partial charge in [0, 0.05) is 179 Å². The van der Waals surface area contributed by atoms with Crippen LogP contribution in [0.1, 0.15) is 85.5 Å². The van der Waals surface area contributed by atoms with Crippen LogP contribution in [0.3, 0.4) is 0 Å². The first-order chi connectivity index (χ1) is 26.3. The standard InChI is InChI=1S/2C15H22O2.2CO2.S8.S7/c1-4-12-11(9-16)7-8-15(3)10(2)5-6-13(17)14(12)15;1-4-7-13-14(17)9-8-12(2)15(13,3)10-5-6-11-16;2*2-1-3;1-3-5-7-8-6-4-2;1-3-5-7-6-4-2/h4,9-12,14H,1,5-8H2,2-3H3;4,7,11-12H,1,5-6,8-10H2,2-3H3;;;;/b;13-7+;;;;/t10-,11+,12+,14+,15+;12-,15+;;;;/m11..../s1. The molecule has 0 aromatic carbocycles. The number of hydrogen-bond donors (Lipinski definition) is 0. The molecule has 0 N–H and O–H groups in total. The molecular formula is C32H44O8S15. The van der Waals surface area contributed by atoms with Crippen LogP contribution in [-0.4, -0.2) is 36.4 Å². The molecule has 8 nitrogen and oxygen atoms in total. The second-order valence-electron chi connectivity index (χ2n) is 12.1. The first-order valence-electron chi connectivity index (χ1n) is 16.0. The number of allylic oxidation sites excluding steroid dienone is 4. The van der Waals surface area contributed by atoms with E-state index in [2.05, 4.69) is 85.6 Å². The van der Waals surface area contributed by atoms with Gasteiger partial charge in [-0.3, -0.25) is 9.59 Å². The third-order valence-electron chi connectivity index (χ3n) is 9.71. The van der Waals surface area contributed by atoms with Crippen LogP contribution in [0.25, 0.3) is 0 Å². The Morgan fingerprint density at radius 3 is 1.65 bits per heavy atom. The second kappa shape index (κ2) is 38.2. The average molecular weight is 1040 g/mol. The van der Waals surface area contributed by atoms with E-state index in [1.54, 1.807) is 68.2 Å². The van der Waals surface area contributed by atoms with Gasteiger partial charge in [-0.25, -0.2) is 0 Å².